The Morgan fingerprint density at radius 3 is 2.48 bits per heavy atom. The molecule has 0 fully saturated rings. The van der Waals surface area contributed by atoms with Crippen molar-refractivity contribution in [1.82, 2.24) is 5.32 Å². The van der Waals surface area contributed by atoms with Crippen molar-refractivity contribution >= 4 is 35.9 Å². The molecule has 0 bridgehead atoms. The van der Waals surface area contributed by atoms with Crippen LogP contribution in [0, 0.1) is 5.92 Å². The van der Waals surface area contributed by atoms with E-state index in [0.29, 0.717) is 24.0 Å². The largest absolute Gasteiger partial charge is 0.465 e. The van der Waals surface area contributed by atoms with Gasteiger partial charge in [-0.15, -0.1) is 24.0 Å². The lowest BCUT2D eigenvalue weighted by Crippen LogP contribution is -2.33. The molecule has 0 saturated carbocycles. The predicted octanol–water partition coefficient (Wildman–Crippen LogP) is 2.19. The fraction of sp³-hybridized carbons (Fsp3) is 0.467. The SMILES string of the molecule is COC(=O)c1ccc(CCNC(N)=NCC(C)C)cc1.I. The molecule has 0 aliphatic rings. The molecular formula is C15H24IN3O2. The van der Waals surface area contributed by atoms with Crippen LogP contribution in [-0.4, -0.2) is 32.1 Å². The van der Waals surface area contributed by atoms with Crippen molar-refractivity contribution in [3.8, 4) is 0 Å². The first-order chi connectivity index (χ1) is 9.52. The molecule has 0 amide bonds. The van der Waals surface area contributed by atoms with Gasteiger partial charge in [-0.2, -0.15) is 0 Å². The van der Waals surface area contributed by atoms with Crippen LogP contribution in [0.3, 0.4) is 0 Å². The number of nitrogens with two attached hydrogens (primary N) is 1. The molecule has 0 heterocycles. The molecular weight excluding hydrogens is 381 g/mol. The smallest absolute Gasteiger partial charge is 0.337 e. The Bertz CT molecular complexity index is 458. The number of hydrogen-bond donors (Lipinski definition) is 2. The number of benzene rings is 1. The van der Waals surface area contributed by atoms with Crippen LogP contribution in [0.5, 0.6) is 0 Å². The third-order valence-corrected chi connectivity index (χ3v) is 2.72. The zero-order valence-corrected chi connectivity index (χ0v) is 15.1. The van der Waals surface area contributed by atoms with Gasteiger partial charge in [0.2, 0.25) is 0 Å². The predicted molar refractivity (Wildman–Crippen MR) is 96.2 cm³/mol. The number of esters is 1. The molecule has 0 radical (unpaired) electrons. The van der Waals surface area contributed by atoms with E-state index in [1.807, 2.05) is 12.1 Å². The molecule has 0 spiro atoms. The Kier molecular flexibility index (Phi) is 9.77. The maximum absolute atomic E-state index is 11.3. The molecule has 0 atom stereocenters. The van der Waals surface area contributed by atoms with Crippen molar-refractivity contribution < 1.29 is 9.53 Å². The molecule has 0 aromatic heterocycles. The van der Waals surface area contributed by atoms with Crippen molar-refractivity contribution in [2.45, 2.75) is 20.3 Å². The highest BCUT2D eigenvalue weighted by atomic mass is 127. The monoisotopic (exact) mass is 405 g/mol. The third kappa shape index (κ3) is 7.89. The summed E-state index contributed by atoms with van der Waals surface area (Å²) in [6.45, 7) is 5.64. The summed E-state index contributed by atoms with van der Waals surface area (Å²) in [6.07, 6.45) is 0.819. The highest BCUT2D eigenvalue weighted by Crippen LogP contribution is 2.06. The van der Waals surface area contributed by atoms with E-state index in [9.17, 15) is 4.79 Å². The first-order valence-electron chi connectivity index (χ1n) is 6.74. The molecule has 21 heavy (non-hydrogen) atoms. The van der Waals surface area contributed by atoms with E-state index in [1.165, 1.54) is 7.11 Å². The number of carbonyl (C=O) groups is 1. The van der Waals surface area contributed by atoms with E-state index in [4.69, 9.17) is 5.73 Å². The average Bonchev–Trinajstić information content (AvgIpc) is 2.45. The summed E-state index contributed by atoms with van der Waals surface area (Å²) in [5.41, 5.74) is 7.43. The van der Waals surface area contributed by atoms with Crippen molar-refractivity contribution in [3.05, 3.63) is 35.4 Å². The third-order valence-electron chi connectivity index (χ3n) is 2.72. The minimum Gasteiger partial charge on any atom is -0.465 e. The number of hydrogen-bond acceptors (Lipinski definition) is 3. The first-order valence-corrected chi connectivity index (χ1v) is 6.74. The summed E-state index contributed by atoms with van der Waals surface area (Å²) in [4.78, 5) is 15.5. The van der Waals surface area contributed by atoms with Gasteiger partial charge in [0.15, 0.2) is 5.96 Å². The van der Waals surface area contributed by atoms with E-state index in [2.05, 4.69) is 28.9 Å². The van der Waals surface area contributed by atoms with Gasteiger partial charge in [0, 0.05) is 13.1 Å². The van der Waals surface area contributed by atoms with Crippen LogP contribution in [-0.2, 0) is 11.2 Å². The summed E-state index contributed by atoms with van der Waals surface area (Å²) >= 11 is 0. The lowest BCUT2D eigenvalue weighted by Gasteiger charge is -2.07. The quantitative estimate of drug-likeness (QED) is 0.329. The summed E-state index contributed by atoms with van der Waals surface area (Å²) in [5.74, 6) is 0.658. The van der Waals surface area contributed by atoms with Gasteiger partial charge in [-0.25, -0.2) is 4.79 Å². The molecule has 1 aromatic carbocycles. The number of carbonyl (C=O) groups excluding carboxylic acids is 1. The van der Waals surface area contributed by atoms with Crippen molar-refractivity contribution in [2.75, 3.05) is 20.2 Å². The number of rotatable bonds is 6. The van der Waals surface area contributed by atoms with Gasteiger partial charge >= 0.3 is 5.97 Å². The van der Waals surface area contributed by atoms with E-state index in [0.717, 1.165) is 18.5 Å². The number of ether oxygens (including phenoxy) is 1. The highest BCUT2D eigenvalue weighted by molar-refractivity contribution is 14.0. The lowest BCUT2D eigenvalue weighted by molar-refractivity contribution is 0.0600. The van der Waals surface area contributed by atoms with Crippen molar-refractivity contribution in [1.29, 1.82) is 0 Å². The maximum Gasteiger partial charge on any atom is 0.337 e. The standard InChI is InChI=1S/C15H23N3O2.HI/c1-11(2)10-18-15(16)17-9-8-12-4-6-13(7-5-12)14(19)20-3;/h4-7,11H,8-10H2,1-3H3,(H3,16,17,18);1H. The van der Waals surface area contributed by atoms with E-state index >= 15 is 0 Å². The number of halogens is 1. The zero-order valence-electron chi connectivity index (χ0n) is 12.8. The molecule has 118 valence electrons. The molecule has 1 aromatic rings. The van der Waals surface area contributed by atoms with Gasteiger partial charge in [0.25, 0.3) is 0 Å². The van der Waals surface area contributed by atoms with Crippen LogP contribution in [0.4, 0.5) is 0 Å². The Morgan fingerprint density at radius 2 is 1.95 bits per heavy atom. The maximum atomic E-state index is 11.3. The van der Waals surface area contributed by atoms with Gasteiger partial charge in [-0.3, -0.25) is 4.99 Å². The number of guanidine groups is 1. The van der Waals surface area contributed by atoms with E-state index in [-0.39, 0.29) is 29.9 Å². The van der Waals surface area contributed by atoms with Crippen molar-refractivity contribution in [2.24, 2.45) is 16.6 Å². The molecule has 1 rings (SSSR count). The summed E-state index contributed by atoms with van der Waals surface area (Å²) in [6, 6.07) is 7.35. The van der Waals surface area contributed by atoms with Crippen LogP contribution in [0.1, 0.15) is 29.8 Å². The van der Waals surface area contributed by atoms with E-state index in [1.54, 1.807) is 12.1 Å². The summed E-state index contributed by atoms with van der Waals surface area (Å²) in [7, 11) is 1.37. The second-order valence-electron chi connectivity index (χ2n) is 4.99. The molecule has 3 N–H and O–H groups in total. The molecule has 5 nitrogen and oxygen atoms in total. The van der Waals surface area contributed by atoms with Gasteiger partial charge in [-0.05, 0) is 30.0 Å². The van der Waals surface area contributed by atoms with Crippen LogP contribution in [0.2, 0.25) is 0 Å². The second-order valence-corrected chi connectivity index (χ2v) is 4.99. The Hall–Kier alpha value is -1.31. The fourth-order valence-electron chi connectivity index (χ4n) is 1.60. The van der Waals surface area contributed by atoms with E-state index < -0.39 is 0 Å². The first kappa shape index (κ1) is 19.7. The molecule has 6 heteroatoms. The van der Waals surface area contributed by atoms with Gasteiger partial charge in [0.05, 0.1) is 12.7 Å². The zero-order chi connectivity index (χ0) is 15.0. The lowest BCUT2D eigenvalue weighted by atomic mass is 10.1. The number of nitrogens with one attached hydrogen (secondary N) is 1. The fourth-order valence-corrected chi connectivity index (χ4v) is 1.60. The van der Waals surface area contributed by atoms with Crippen LogP contribution >= 0.6 is 24.0 Å². The van der Waals surface area contributed by atoms with Crippen LogP contribution in [0.15, 0.2) is 29.3 Å². The Morgan fingerprint density at radius 1 is 1.33 bits per heavy atom. The van der Waals surface area contributed by atoms with Gasteiger partial charge in [-0.1, -0.05) is 26.0 Å². The minimum absolute atomic E-state index is 0. The molecule has 0 saturated heterocycles. The Balaban J connectivity index is 0.00000400. The normalized spacial score (nSPS) is 11.0. The topological polar surface area (TPSA) is 76.7 Å². The number of aliphatic imine (C=N–C) groups is 1. The Labute approximate surface area is 143 Å². The minimum atomic E-state index is -0.320. The second kappa shape index (κ2) is 10.4. The molecule has 0 aliphatic heterocycles. The number of nitrogens with zero attached hydrogens (tertiary/aromatic N) is 1. The van der Waals surface area contributed by atoms with Crippen LogP contribution < -0.4 is 11.1 Å². The summed E-state index contributed by atoms with van der Waals surface area (Å²) < 4.78 is 4.65. The number of methoxy groups -OCH3 is 1. The van der Waals surface area contributed by atoms with Crippen LogP contribution in [0.25, 0.3) is 0 Å². The summed E-state index contributed by atoms with van der Waals surface area (Å²) in [5, 5.41) is 3.07. The molecule has 0 unspecified atom stereocenters. The highest BCUT2D eigenvalue weighted by Gasteiger charge is 2.04. The van der Waals surface area contributed by atoms with Gasteiger partial charge < -0.3 is 15.8 Å². The molecule has 0 aliphatic carbocycles. The van der Waals surface area contributed by atoms with Crippen molar-refractivity contribution in [3.63, 3.8) is 0 Å². The van der Waals surface area contributed by atoms with Gasteiger partial charge in [0.1, 0.15) is 0 Å². The average molecular weight is 405 g/mol.